The van der Waals surface area contributed by atoms with Crippen LogP contribution in [0.1, 0.15) is 35.2 Å². The molecule has 2 heterocycles. The van der Waals surface area contributed by atoms with Gasteiger partial charge in [-0.3, -0.25) is 9.59 Å². The van der Waals surface area contributed by atoms with Crippen LogP contribution in [0.4, 0.5) is 0 Å². The standard InChI is InChI=1S/C23H23Cl2N3O2/c24-17-11-16(12-18(25)13-17)23(30)28-10-4-8-21(28)22(29)26-9-3-5-15-14-27-20-7-2-1-6-19(15)20/h1-2,6-7,11-14,21,27H,3-5,8-10H2,(H,26,29). The summed E-state index contributed by atoms with van der Waals surface area (Å²) in [6.07, 6.45) is 5.19. The van der Waals surface area contributed by atoms with Crippen molar-refractivity contribution in [2.75, 3.05) is 13.1 Å². The van der Waals surface area contributed by atoms with Crippen molar-refractivity contribution < 1.29 is 9.59 Å². The first-order valence-corrected chi connectivity index (χ1v) is 10.9. The van der Waals surface area contributed by atoms with Gasteiger partial charge in [0.15, 0.2) is 0 Å². The number of carbonyl (C=O) groups is 2. The second-order valence-corrected chi connectivity index (χ2v) is 8.44. The lowest BCUT2D eigenvalue weighted by molar-refractivity contribution is -0.124. The van der Waals surface area contributed by atoms with Crippen molar-refractivity contribution in [2.45, 2.75) is 31.7 Å². The highest BCUT2D eigenvalue weighted by atomic mass is 35.5. The van der Waals surface area contributed by atoms with Gasteiger partial charge in [-0.1, -0.05) is 41.4 Å². The van der Waals surface area contributed by atoms with Crippen LogP contribution >= 0.6 is 23.2 Å². The number of nitrogens with zero attached hydrogens (tertiary/aromatic N) is 1. The van der Waals surface area contributed by atoms with Crippen LogP contribution < -0.4 is 5.32 Å². The van der Waals surface area contributed by atoms with Crippen LogP contribution in [0.2, 0.25) is 10.0 Å². The van der Waals surface area contributed by atoms with E-state index in [0.29, 0.717) is 35.1 Å². The highest BCUT2D eigenvalue weighted by Crippen LogP contribution is 2.24. The molecule has 1 unspecified atom stereocenters. The number of halogens is 2. The molecule has 1 fully saturated rings. The van der Waals surface area contributed by atoms with Crippen LogP contribution in [0.15, 0.2) is 48.7 Å². The Kier molecular flexibility index (Phi) is 6.30. The maximum Gasteiger partial charge on any atom is 0.254 e. The number of aromatic amines is 1. The molecule has 0 saturated carbocycles. The first kappa shape index (κ1) is 20.8. The van der Waals surface area contributed by atoms with Crippen LogP contribution in [0.3, 0.4) is 0 Å². The largest absolute Gasteiger partial charge is 0.361 e. The third kappa shape index (κ3) is 4.47. The van der Waals surface area contributed by atoms with Gasteiger partial charge in [-0.25, -0.2) is 0 Å². The number of carbonyl (C=O) groups excluding carboxylic acids is 2. The van der Waals surface area contributed by atoms with E-state index in [1.54, 1.807) is 23.1 Å². The average Bonchev–Trinajstić information content (AvgIpc) is 3.37. The predicted octanol–water partition coefficient (Wildman–Crippen LogP) is 4.83. The van der Waals surface area contributed by atoms with Crippen molar-refractivity contribution in [2.24, 2.45) is 0 Å². The third-order valence-electron chi connectivity index (χ3n) is 5.52. The fraction of sp³-hybridized carbons (Fsp3) is 0.304. The Bertz CT molecular complexity index is 1060. The molecule has 3 aromatic rings. The number of amides is 2. The number of benzene rings is 2. The minimum Gasteiger partial charge on any atom is -0.361 e. The number of fused-ring (bicyclic) bond motifs is 1. The number of hydrogen-bond acceptors (Lipinski definition) is 2. The Morgan fingerprint density at radius 2 is 1.90 bits per heavy atom. The molecule has 0 bridgehead atoms. The van der Waals surface area contributed by atoms with Crippen LogP contribution in [-0.2, 0) is 11.2 Å². The number of aryl methyl sites for hydroxylation is 1. The van der Waals surface area contributed by atoms with E-state index < -0.39 is 6.04 Å². The molecule has 156 valence electrons. The lowest BCUT2D eigenvalue weighted by Gasteiger charge is -2.24. The molecule has 1 saturated heterocycles. The van der Waals surface area contributed by atoms with Crippen LogP contribution in [0.25, 0.3) is 10.9 Å². The number of hydrogen-bond donors (Lipinski definition) is 2. The van der Waals surface area contributed by atoms with E-state index in [2.05, 4.69) is 22.4 Å². The lowest BCUT2D eigenvalue weighted by Crippen LogP contribution is -2.46. The van der Waals surface area contributed by atoms with Gasteiger partial charge >= 0.3 is 0 Å². The SMILES string of the molecule is O=C(NCCCc1c[nH]c2ccccc12)C1CCCN1C(=O)c1cc(Cl)cc(Cl)c1. The van der Waals surface area contributed by atoms with Crippen molar-refractivity contribution in [3.8, 4) is 0 Å². The summed E-state index contributed by atoms with van der Waals surface area (Å²) in [7, 11) is 0. The molecule has 2 N–H and O–H groups in total. The number of para-hydroxylation sites is 1. The topological polar surface area (TPSA) is 65.2 Å². The van der Waals surface area contributed by atoms with Crippen LogP contribution in [0, 0.1) is 0 Å². The van der Waals surface area contributed by atoms with Gasteiger partial charge in [-0.15, -0.1) is 0 Å². The summed E-state index contributed by atoms with van der Waals surface area (Å²) in [5.41, 5.74) is 2.78. The Hall–Kier alpha value is -2.50. The van der Waals surface area contributed by atoms with Gasteiger partial charge in [0.05, 0.1) is 0 Å². The van der Waals surface area contributed by atoms with E-state index in [1.165, 1.54) is 10.9 Å². The third-order valence-corrected chi connectivity index (χ3v) is 5.96. The average molecular weight is 444 g/mol. The molecule has 1 atom stereocenters. The molecular formula is C23H23Cl2N3O2. The highest BCUT2D eigenvalue weighted by molar-refractivity contribution is 6.35. The van der Waals surface area contributed by atoms with Gasteiger partial charge in [0.1, 0.15) is 6.04 Å². The van der Waals surface area contributed by atoms with Gasteiger partial charge in [0.2, 0.25) is 5.91 Å². The number of rotatable bonds is 6. The number of aromatic nitrogens is 1. The summed E-state index contributed by atoms with van der Waals surface area (Å²) < 4.78 is 0. The van der Waals surface area contributed by atoms with E-state index in [9.17, 15) is 9.59 Å². The van der Waals surface area contributed by atoms with Crippen molar-refractivity contribution >= 4 is 45.9 Å². The van der Waals surface area contributed by atoms with E-state index >= 15 is 0 Å². The first-order valence-electron chi connectivity index (χ1n) is 10.1. The van der Waals surface area contributed by atoms with Crippen molar-refractivity contribution in [1.29, 1.82) is 0 Å². The monoisotopic (exact) mass is 443 g/mol. The van der Waals surface area contributed by atoms with Crippen LogP contribution in [0.5, 0.6) is 0 Å². The summed E-state index contributed by atoms with van der Waals surface area (Å²) in [6.45, 7) is 1.12. The molecule has 7 heteroatoms. The van der Waals surface area contributed by atoms with Gasteiger partial charge in [0, 0.05) is 45.8 Å². The predicted molar refractivity (Wildman–Crippen MR) is 120 cm³/mol. The fourth-order valence-electron chi connectivity index (χ4n) is 4.07. The molecule has 2 amide bonds. The quantitative estimate of drug-likeness (QED) is 0.535. The van der Waals surface area contributed by atoms with Gasteiger partial charge in [-0.05, 0) is 55.5 Å². The van der Waals surface area contributed by atoms with Gasteiger partial charge in [-0.2, -0.15) is 0 Å². The summed E-state index contributed by atoms with van der Waals surface area (Å²) in [4.78, 5) is 30.5. The maximum atomic E-state index is 12.9. The fourth-order valence-corrected chi connectivity index (χ4v) is 4.60. The summed E-state index contributed by atoms with van der Waals surface area (Å²) in [5.74, 6) is -0.316. The molecule has 0 radical (unpaired) electrons. The molecule has 4 rings (SSSR count). The molecule has 1 aliphatic rings. The Morgan fingerprint density at radius 3 is 2.70 bits per heavy atom. The Balaban J connectivity index is 1.33. The molecule has 1 aliphatic heterocycles. The Labute approximate surface area is 185 Å². The van der Waals surface area contributed by atoms with Crippen molar-refractivity contribution in [1.82, 2.24) is 15.2 Å². The minimum atomic E-state index is -0.455. The molecule has 0 aliphatic carbocycles. The van der Waals surface area contributed by atoms with E-state index in [-0.39, 0.29) is 11.8 Å². The van der Waals surface area contributed by atoms with Gasteiger partial charge in [0.25, 0.3) is 5.91 Å². The van der Waals surface area contributed by atoms with E-state index in [4.69, 9.17) is 23.2 Å². The van der Waals surface area contributed by atoms with E-state index in [1.807, 2.05) is 18.3 Å². The highest BCUT2D eigenvalue weighted by Gasteiger charge is 2.34. The molecule has 5 nitrogen and oxygen atoms in total. The maximum absolute atomic E-state index is 12.9. The number of likely N-dealkylation sites (tertiary alicyclic amines) is 1. The number of nitrogens with one attached hydrogen (secondary N) is 2. The van der Waals surface area contributed by atoms with E-state index in [0.717, 1.165) is 24.8 Å². The summed E-state index contributed by atoms with van der Waals surface area (Å²) in [6, 6.07) is 12.5. The molecule has 0 spiro atoms. The normalized spacial score (nSPS) is 16.2. The molecular weight excluding hydrogens is 421 g/mol. The molecule has 2 aromatic carbocycles. The second kappa shape index (κ2) is 9.11. The summed E-state index contributed by atoms with van der Waals surface area (Å²) in [5, 5.41) is 5.03. The molecule has 1 aromatic heterocycles. The number of H-pyrrole nitrogens is 1. The zero-order chi connectivity index (χ0) is 21.1. The minimum absolute atomic E-state index is 0.104. The second-order valence-electron chi connectivity index (χ2n) is 7.57. The van der Waals surface area contributed by atoms with Crippen molar-refractivity contribution in [3.05, 3.63) is 69.8 Å². The zero-order valence-electron chi connectivity index (χ0n) is 16.5. The first-order chi connectivity index (χ1) is 14.5. The van der Waals surface area contributed by atoms with Crippen LogP contribution in [-0.4, -0.2) is 40.8 Å². The molecule has 30 heavy (non-hydrogen) atoms. The zero-order valence-corrected chi connectivity index (χ0v) is 18.0. The lowest BCUT2D eigenvalue weighted by atomic mass is 10.1. The Morgan fingerprint density at radius 1 is 1.13 bits per heavy atom. The van der Waals surface area contributed by atoms with Gasteiger partial charge < -0.3 is 15.2 Å². The van der Waals surface area contributed by atoms with Crippen molar-refractivity contribution in [3.63, 3.8) is 0 Å². The smallest absolute Gasteiger partial charge is 0.254 e. The summed E-state index contributed by atoms with van der Waals surface area (Å²) >= 11 is 12.1.